The first kappa shape index (κ1) is 21.1. The lowest BCUT2D eigenvalue weighted by atomic mass is 9.99. The normalized spacial score (nSPS) is 16.5. The summed E-state index contributed by atoms with van der Waals surface area (Å²) in [6.45, 7) is 5.64. The number of Topliss-reactive ketones (excluding diaryl/α,β-unsaturated/α-hetero) is 1. The first-order chi connectivity index (χ1) is 15.4. The van der Waals surface area contributed by atoms with E-state index >= 15 is 0 Å². The van der Waals surface area contributed by atoms with Crippen LogP contribution in [0.2, 0.25) is 10.0 Å². The van der Waals surface area contributed by atoms with Crippen LogP contribution >= 0.6 is 23.2 Å². The molecule has 0 saturated carbocycles. The first-order valence-corrected chi connectivity index (χ1v) is 11.1. The standard InChI is InChI=1S/C26H21Cl2NO3/c1-15-4-3-5-17(8-15)9-23-24(30)21-10-19-13-29(12-18-6-7-20(27)11-22(18)28)14-31-25(19)16(2)26(21)32-23/h3-11H,12-14H2,1-2H3/b23-9-. The van der Waals surface area contributed by atoms with E-state index in [1.165, 1.54) is 0 Å². The van der Waals surface area contributed by atoms with Crippen molar-refractivity contribution < 1.29 is 14.3 Å². The van der Waals surface area contributed by atoms with Crippen molar-refractivity contribution >= 4 is 35.1 Å². The van der Waals surface area contributed by atoms with E-state index in [2.05, 4.69) is 4.90 Å². The number of carbonyl (C=O) groups excluding carboxylic acids is 1. The number of carbonyl (C=O) groups is 1. The van der Waals surface area contributed by atoms with Crippen molar-refractivity contribution in [1.29, 1.82) is 0 Å². The molecule has 0 unspecified atom stereocenters. The van der Waals surface area contributed by atoms with Crippen LogP contribution in [-0.4, -0.2) is 17.4 Å². The minimum Gasteiger partial charge on any atom is -0.477 e. The third-order valence-electron chi connectivity index (χ3n) is 5.75. The average Bonchev–Trinajstić information content (AvgIpc) is 3.06. The van der Waals surface area contributed by atoms with Gasteiger partial charge in [-0.1, -0.05) is 59.1 Å². The molecule has 3 aromatic rings. The molecule has 2 aliphatic rings. The Morgan fingerprint density at radius 3 is 2.69 bits per heavy atom. The van der Waals surface area contributed by atoms with Gasteiger partial charge < -0.3 is 9.47 Å². The maximum atomic E-state index is 13.1. The number of aryl methyl sites for hydroxylation is 1. The molecule has 6 heteroatoms. The van der Waals surface area contributed by atoms with Gasteiger partial charge in [0.15, 0.2) is 5.76 Å². The van der Waals surface area contributed by atoms with E-state index in [-0.39, 0.29) is 5.78 Å². The Morgan fingerprint density at radius 2 is 1.91 bits per heavy atom. The molecule has 0 spiro atoms. The third kappa shape index (κ3) is 3.90. The van der Waals surface area contributed by atoms with Gasteiger partial charge in [-0.25, -0.2) is 0 Å². The second kappa shape index (κ2) is 8.28. The molecule has 0 fully saturated rings. The van der Waals surface area contributed by atoms with Crippen molar-refractivity contribution in [1.82, 2.24) is 4.90 Å². The number of hydrogen-bond acceptors (Lipinski definition) is 4. The Bertz CT molecular complexity index is 1280. The van der Waals surface area contributed by atoms with Gasteiger partial charge in [-0.05, 0) is 49.2 Å². The Labute approximate surface area is 197 Å². The van der Waals surface area contributed by atoms with Gasteiger partial charge in [0.1, 0.15) is 18.2 Å². The monoisotopic (exact) mass is 465 g/mol. The highest BCUT2D eigenvalue weighted by atomic mass is 35.5. The van der Waals surface area contributed by atoms with E-state index in [0.29, 0.717) is 46.9 Å². The topological polar surface area (TPSA) is 38.8 Å². The summed E-state index contributed by atoms with van der Waals surface area (Å²) in [4.78, 5) is 15.2. The van der Waals surface area contributed by atoms with Crippen LogP contribution in [0.1, 0.15) is 38.2 Å². The lowest BCUT2D eigenvalue weighted by molar-refractivity contribution is 0.0877. The van der Waals surface area contributed by atoms with Gasteiger partial charge in [0.25, 0.3) is 0 Å². The molecule has 5 rings (SSSR count). The zero-order valence-electron chi connectivity index (χ0n) is 17.7. The van der Waals surface area contributed by atoms with E-state index in [9.17, 15) is 4.79 Å². The van der Waals surface area contributed by atoms with Gasteiger partial charge >= 0.3 is 0 Å². The summed E-state index contributed by atoms with van der Waals surface area (Å²) >= 11 is 12.4. The van der Waals surface area contributed by atoms with Gasteiger partial charge in [0.05, 0.1) is 5.56 Å². The van der Waals surface area contributed by atoms with Crippen LogP contribution in [0.4, 0.5) is 0 Å². The number of nitrogens with zero attached hydrogens (tertiary/aromatic N) is 1. The van der Waals surface area contributed by atoms with Crippen LogP contribution in [0.5, 0.6) is 11.5 Å². The highest BCUT2D eigenvalue weighted by Crippen LogP contribution is 2.43. The average molecular weight is 466 g/mol. The first-order valence-electron chi connectivity index (χ1n) is 10.4. The quantitative estimate of drug-likeness (QED) is 0.409. The fourth-order valence-electron chi connectivity index (χ4n) is 4.20. The van der Waals surface area contributed by atoms with Crippen LogP contribution < -0.4 is 9.47 Å². The maximum absolute atomic E-state index is 13.1. The number of fused-ring (bicyclic) bond motifs is 2. The van der Waals surface area contributed by atoms with E-state index in [0.717, 1.165) is 33.6 Å². The molecule has 0 aliphatic carbocycles. The fourth-order valence-corrected chi connectivity index (χ4v) is 4.67. The number of benzene rings is 3. The zero-order valence-corrected chi connectivity index (χ0v) is 19.3. The van der Waals surface area contributed by atoms with Crippen LogP contribution in [0.25, 0.3) is 6.08 Å². The Hall–Kier alpha value is -2.79. The van der Waals surface area contributed by atoms with Crippen molar-refractivity contribution in [2.45, 2.75) is 26.9 Å². The van der Waals surface area contributed by atoms with E-state index in [1.807, 2.05) is 56.3 Å². The van der Waals surface area contributed by atoms with E-state index in [1.54, 1.807) is 12.1 Å². The number of ether oxygens (including phenoxy) is 2. The summed E-state index contributed by atoms with van der Waals surface area (Å²) in [6, 6.07) is 15.4. The van der Waals surface area contributed by atoms with Gasteiger partial charge in [0, 0.05) is 34.3 Å². The second-order valence-electron chi connectivity index (χ2n) is 8.22. The fraction of sp³-hybridized carbons (Fsp3) is 0.192. The predicted molar refractivity (Wildman–Crippen MR) is 126 cm³/mol. The highest BCUT2D eigenvalue weighted by Gasteiger charge is 2.33. The molecule has 0 aromatic heterocycles. The van der Waals surface area contributed by atoms with Crippen LogP contribution in [0.3, 0.4) is 0 Å². The van der Waals surface area contributed by atoms with E-state index in [4.69, 9.17) is 32.7 Å². The van der Waals surface area contributed by atoms with Gasteiger partial charge in [-0.2, -0.15) is 0 Å². The number of allylic oxidation sites excluding steroid dienone is 1. The van der Waals surface area contributed by atoms with Crippen molar-refractivity contribution in [3.05, 3.63) is 97.7 Å². The molecule has 2 aliphatic heterocycles. The molecule has 0 atom stereocenters. The Morgan fingerprint density at radius 1 is 1.06 bits per heavy atom. The summed E-state index contributed by atoms with van der Waals surface area (Å²) in [6.07, 6.45) is 1.80. The Balaban J connectivity index is 1.42. The van der Waals surface area contributed by atoms with Crippen molar-refractivity contribution in [2.24, 2.45) is 0 Å². The van der Waals surface area contributed by atoms with Gasteiger partial charge in [-0.3, -0.25) is 9.69 Å². The smallest absolute Gasteiger partial charge is 0.231 e. The van der Waals surface area contributed by atoms with Crippen molar-refractivity contribution in [2.75, 3.05) is 6.73 Å². The van der Waals surface area contributed by atoms with Gasteiger partial charge in [-0.15, -0.1) is 0 Å². The Kier molecular flexibility index (Phi) is 5.46. The molecule has 0 N–H and O–H groups in total. The summed E-state index contributed by atoms with van der Waals surface area (Å²) in [7, 11) is 0. The highest BCUT2D eigenvalue weighted by molar-refractivity contribution is 6.35. The number of rotatable bonds is 3. The summed E-state index contributed by atoms with van der Waals surface area (Å²) in [5, 5.41) is 1.24. The molecule has 32 heavy (non-hydrogen) atoms. The number of hydrogen-bond donors (Lipinski definition) is 0. The lowest BCUT2D eigenvalue weighted by Crippen LogP contribution is -2.32. The number of ketones is 1. The summed E-state index contributed by atoms with van der Waals surface area (Å²) in [5.41, 5.74) is 5.43. The molecular formula is C26H21Cl2NO3. The maximum Gasteiger partial charge on any atom is 0.231 e. The third-order valence-corrected chi connectivity index (χ3v) is 6.34. The molecule has 0 radical (unpaired) electrons. The van der Waals surface area contributed by atoms with Crippen molar-refractivity contribution in [3.63, 3.8) is 0 Å². The van der Waals surface area contributed by atoms with Crippen LogP contribution in [-0.2, 0) is 13.1 Å². The molecule has 4 nitrogen and oxygen atoms in total. The minimum absolute atomic E-state index is 0.106. The lowest BCUT2D eigenvalue weighted by Gasteiger charge is -2.30. The largest absolute Gasteiger partial charge is 0.477 e. The second-order valence-corrected chi connectivity index (χ2v) is 9.06. The minimum atomic E-state index is -0.106. The van der Waals surface area contributed by atoms with Crippen LogP contribution in [0.15, 0.2) is 54.3 Å². The molecule has 2 heterocycles. The van der Waals surface area contributed by atoms with Gasteiger partial charge in [0.2, 0.25) is 5.78 Å². The molecule has 0 bridgehead atoms. The SMILES string of the molecule is Cc1cccc(/C=C2\Oc3c(cc4c(c3C)OCN(Cc3ccc(Cl)cc3Cl)C4)C2=O)c1. The molecular weight excluding hydrogens is 445 g/mol. The predicted octanol–water partition coefficient (Wildman–Crippen LogP) is 6.58. The number of halogens is 2. The summed E-state index contributed by atoms with van der Waals surface area (Å²) in [5.74, 6) is 1.60. The summed E-state index contributed by atoms with van der Waals surface area (Å²) < 4.78 is 12.1. The molecule has 162 valence electrons. The molecule has 3 aromatic carbocycles. The molecule has 0 saturated heterocycles. The zero-order chi connectivity index (χ0) is 22.4. The van der Waals surface area contributed by atoms with Crippen molar-refractivity contribution in [3.8, 4) is 11.5 Å². The van der Waals surface area contributed by atoms with E-state index < -0.39 is 0 Å². The molecule has 0 amide bonds. The van der Waals surface area contributed by atoms with Crippen LogP contribution in [0, 0.1) is 13.8 Å².